The molecular formula is C14H27N3O. The van der Waals surface area contributed by atoms with Crippen molar-refractivity contribution in [3.63, 3.8) is 0 Å². The van der Waals surface area contributed by atoms with Crippen molar-refractivity contribution in [3.05, 3.63) is 0 Å². The lowest BCUT2D eigenvalue weighted by Crippen LogP contribution is -2.53. The molecule has 1 heterocycles. The Hall–Kier alpha value is -0.610. The zero-order valence-electron chi connectivity index (χ0n) is 11.9. The molecule has 0 bridgehead atoms. The SMILES string of the molecule is CC1CC(NC(=O)C2(C)CCCC2N)CCN1C. The van der Waals surface area contributed by atoms with Gasteiger partial charge in [-0.15, -0.1) is 0 Å². The van der Waals surface area contributed by atoms with Gasteiger partial charge >= 0.3 is 0 Å². The smallest absolute Gasteiger partial charge is 0.227 e. The van der Waals surface area contributed by atoms with Crippen LogP contribution in [0.2, 0.25) is 0 Å². The summed E-state index contributed by atoms with van der Waals surface area (Å²) in [4.78, 5) is 14.8. The third-order valence-electron chi connectivity index (χ3n) is 5.09. The van der Waals surface area contributed by atoms with Crippen molar-refractivity contribution in [3.8, 4) is 0 Å². The van der Waals surface area contributed by atoms with Crippen LogP contribution < -0.4 is 11.1 Å². The van der Waals surface area contributed by atoms with E-state index in [1.165, 1.54) is 0 Å². The van der Waals surface area contributed by atoms with Gasteiger partial charge < -0.3 is 16.0 Å². The number of carbonyl (C=O) groups excluding carboxylic acids is 1. The van der Waals surface area contributed by atoms with Gasteiger partial charge in [0.1, 0.15) is 0 Å². The second-order valence-corrected chi connectivity index (χ2v) is 6.44. The maximum absolute atomic E-state index is 12.4. The standard InChI is InChI=1S/C14H27N3O/c1-10-9-11(6-8-17(10)3)16-13(18)14(2)7-4-5-12(14)15/h10-12H,4-9,15H2,1-3H3,(H,16,18). The first-order chi connectivity index (χ1) is 8.43. The monoisotopic (exact) mass is 253 g/mol. The lowest BCUT2D eigenvalue weighted by Gasteiger charge is -2.37. The number of nitrogens with one attached hydrogen (secondary N) is 1. The molecule has 0 aromatic heterocycles. The molecule has 1 saturated carbocycles. The first-order valence-corrected chi connectivity index (χ1v) is 7.20. The highest BCUT2D eigenvalue weighted by Crippen LogP contribution is 2.37. The van der Waals surface area contributed by atoms with Crippen LogP contribution in [0.3, 0.4) is 0 Å². The van der Waals surface area contributed by atoms with Crippen molar-refractivity contribution in [2.24, 2.45) is 11.1 Å². The highest BCUT2D eigenvalue weighted by Gasteiger charge is 2.43. The second-order valence-electron chi connectivity index (χ2n) is 6.44. The van der Waals surface area contributed by atoms with Gasteiger partial charge in [-0.3, -0.25) is 4.79 Å². The number of nitrogens with zero attached hydrogens (tertiary/aromatic N) is 1. The molecule has 1 aliphatic carbocycles. The van der Waals surface area contributed by atoms with E-state index in [0.29, 0.717) is 12.1 Å². The van der Waals surface area contributed by atoms with E-state index in [9.17, 15) is 4.79 Å². The molecular weight excluding hydrogens is 226 g/mol. The molecule has 4 unspecified atom stereocenters. The Bertz CT molecular complexity index is 320. The fraction of sp³-hybridized carbons (Fsp3) is 0.929. The largest absolute Gasteiger partial charge is 0.353 e. The Morgan fingerprint density at radius 1 is 1.44 bits per heavy atom. The number of rotatable bonds is 2. The van der Waals surface area contributed by atoms with Crippen LogP contribution in [0.5, 0.6) is 0 Å². The molecule has 2 rings (SSSR count). The number of carbonyl (C=O) groups is 1. The molecule has 4 heteroatoms. The van der Waals surface area contributed by atoms with Crippen molar-refractivity contribution in [2.45, 2.75) is 64.1 Å². The molecule has 0 aromatic rings. The van der Waals surface area contributed by atoms with Crippen LogP contribution in [0.4, 0.5) is 0 Å². The van der Waals surface area contributed by atoms with Gasteiger partial charge in [-0.25, -0.2) is 0 Å². The van der Waals surface area contributed by atoms with E-state index in [1.54, 1.807) is 0 Å². The van der Waals surface area contributed by atoms with E-state index in [0.717, 1.165) is 38.6 Å². The highest BCUT2D eigenvalue weighted by molar-refractivity contribution is 5.83. The van der Waals surface area contributed by atoms with Crippen molar-refractivity contribution in [1.82, 2.24) is 10.2 Å². The molecule has 2 fully saturated rings. The minimum Gasteiger partial charge on any atom is -0.353 e. The number of piperidine rings is 1. The Balaban J connectivity index is 1.92. The first-order valence-electron chi connectivity index (χ1n) is 7.20. The quantitative estimate of drug-likeness (QED) is 0.775. The summed E-state index contributed by atoms with van der Waals surface area (Å²) < 4.78 is 0. The lowest BCUT2D eigenvalue weighted by molar-refractivity contribution is -0.131. The molecule has 1 amide bonds. The number of hydrogen-bond donors (Lipinski definition) is 2. The molecule has 18 heavy (non-hydrogen) atoms. The molecule has 4 nitrogen and oxygen atoms in total. The summed E-state index contributed by atoms with van der Waals surface area (Å²) in [5, 5.41) is 3.24. The van der Waals surface area contributed by atoms with E-state index in [-0.39, 0.29) is 17.4 Å². The summed E-state index contributed by atoms with van der Waals surface area (Å²) in [6.07, 6.45) is 5.09. The van der Waals surface area contributed by atoms with Gasteiger partial charge in [-0.1, -0.05) is 6.42 Å². The van der Waals surface area contributed by atoms with Gasteiger partial charge in [-0.2, -0.15) is 0 Å². The maximum Gasteiger partial charge on any atom is 0.227 e. The van der Waals surface area contributed by atoms with Crippen LogP contribution >= 0.6 is 0 Å². The Labute approximate surface area is 110 Å². The van der Waals surface area contributed by atoms with Crippen molar-refractivity contribution < 1.29 is 4.79 Å². The summed E-state index contributed by atoms with van der Waals surface area (Å²) in [5.41, 5.74) is 5.76. The first kappa shape index (κ1) is 13.8. The van der Waals surface area contributed by atoms with Crippen molar-refractivity contribution in [1.29, 1.82) is 0 Å². The van der Waals surface area contributed by atoms with Crippen LogP contribution in [-0.2, 0) is 4.79 Å². The molecule has 1 aliphatic heterocycles. The molecule has 0 radical (unpaired) electrons. The number of nitrogens with two attached hydrogens (primary N) is 1. The third kappa shape index (κ3) is 2.54. The molecule has 0 spiro atoms. The molecule has 104 valence electrons. The fourth-order valence-corrected chi connectivity index (χ4v) is 3.25. The summed E-state index contributed by atoms with van der Waals surface area (Å²) in [7, 11) is 2.15. The van der Waals surface area contributed by atoms with Crippen LogP contribution in [0, 0.1) is 5.41 Å². The van der Waals surface area contributed by atoms with Crippen LogP contribution in [-0.4, -0.2) is 42.5 Å². The van der Waals surface area contributed by atoms with Crippen molar-refractivity contribution in [2.75, 3.05) is 13.6 Å². The normalized spacial score (nSPS) is 41.9. The van der Waals surface area contributed by atoms with Gasteiger partial charge in [0.25, 0.3) is 0 Å². The number of hydrogen-bond acceptors (Lipinski definition) is 3. The van der Waals surface area contributed by atoms with Crippen LogP contribution in [0.25, 0.3) is 0 Å². The predicted octanol–water partition coefficient (Wildman–Crippen LogP) is 1.10. The molecule has 4 atom stereocenters. The van der Waals surface area contributed by atoms with E-state index in [4.69, 9.17) is 5.73 Å². The van der Waals surface area contributed by atoms with Gasteiger partial charge in [0, 0.05) is 24.7 Å². The molecule has 0 aromatic carbocycles. The fourth-order valence-electron chi connectivity index (χ4n) is 3.25. The number of likely N-dealkylation sites (tertiary alicyclic amines) is 1. The highest BCUT2D eigenvalue weighted by atomic mass is 16.2. The summed E-state index contributed by atoms with van der Waals surface area (Å²) >= 11 is 0. The second kappa shape index (κ2) is 5.17. The minimum absolute atomic E-state index is 0.0289. The topological polar surface area (TPSA) is 58.4 Å². The average molecular weight is 253 g/mol. The van der Waals surface area contributed by atoms with E-state index in [1.807, 2.05) is 6.92 Å². The van der Waals surface area contributed by atoms with Gasteiger partial charge in [0.2, 0.25) is 5.91 Å². The van der Waals surface area contributed by atoms with E-state index < -0.39 is 0 Å². The summed E-state index contributed by atoms with van der Waals surface area (Å²) in [5.74, 6) is 0.175. The number of amides is 1. The lowest BCUT2D eigenvalue weighted by atomic mass is 9.83. The Morgan fingerprint density at radius 3 is 2.72 bits per heavy atom. The predicted molar refractivity (Wildman–Crippen MR) is 73.2 cm³/mol. The molecule has 2 aliphatic rings. The van der Waals surface area contributed by atoms with Crippen LogP contribution in [0.15, 0.2) is 0 Å². The average Bonchev–Trinajstić information content (AvgIpc) is 2.66. The maximum atomic E-state index is 12.4. The summed E-state index contributed by atoms with van der Waals surface area (Å²) in [6.45, 7) is 5.31. The Kier molecular flexibility index (Phi) is 3.97. The van der Waals surface area contributed by atoms with Gasteiger partial charge in [0.05, 0.1) is 5.41 Å². The minimum atomic E-state index is -0.341. The van der Waals surface area contributed by atoms with Crippen LogP contribution in [0.1, 0.15) is 46.0 Å². The molecule has 1 saturated heterocycles. The summed E-state index contributed by atoms with van der Waals surface area (Å²) in [6, 6.07) is 0.906. The third-order valence-corrected chi connectivity index (χ3v) is 5.09. The molecule has 3 N–H and O–H groups in total. The van der Waals surface area contributed by atoms with E-state index in [2.05, 4.69) is 24.2 Å². The zero-order valence-corrected chi connectivity index (χ0v) is 11.9. The van der Waals surface area contributed by atoms with Gasteiger partial charge in [0.15, 0.2) is 0 Å². The zero-order chi connectivity index (χ0) is 13.3. The van der Waals surface area contributed by atoms with E-state index >= 15 is 0 Å². The van der Waals surface area contributed by atoms with Crippen molar-refractivity contribution >= 4 is 5.91 Å². The van der Waals surface area contributed by atoms with Gasteiger partial charge in [-0.05, 0) is 46.6 Å². The Morgan fingerprint density at radius 2 is 2.17 bits per heavy atom.